The minimum Gasteiger partial charge on any atom is -0.508 e. The van der Waals surface area contributed by atoms with Gasteiger partial charge in [0.2, 0.25) is 0 Å². The average Bonchev–Trinajstić information content (AvgIpc) is 2.95. The Morgan fingerprint density at radius 1 is 0.707 bits per heavy atom. The molecule has 2 N–H and O–H groups in total. The molecule has 0 fully saturated rings. The second-order valence-corrected chi connectivity index (χ2v) is 9.89. The van der Waals surface area contributed by atoms with Gasteiger partial charge in [-0.05, 0) is 72.1 Å². The summed E-state index contributed by atoms with van der Waals surface area (Å²) in [6.07, 6.45) is 0. The Labute approximate surface area is 236 Å². The van der Waals surface area contributed by atoms with Crippen molar-refractivity contribution in [3.05, 3.63) is 113 Å². The maximum atomic E-state index is 12.6. The summed E-state index contributed by atoms with van der Waals surface area (Å²) in [5, 5.41) is 18.6. The molecule has 4 aromatic carbocycles. The fourth-order valence-corrected chi connectivity index (χ4v) is 4.80. The summed E-state index contributed by atoms with van der Waals surface area (Å²) in [5.74, 6) is 0.726. The first-order chi connectivity index (χ1) is 19.7. The average molecular weight is 553 g/mol. The molecule has 2 heterocycles. The third-order valence-electron chi connectivity index (χ3n) is 6.92. The van der Waals surface area contributed by atoms with Crippen molar-refractivity contribution in [2.45, 2.75) is 25.7 Å². The number of ether oxygens (including phenoxy) is 3. The lowest BCUT2D eigenvalue weighted by Crippen LogP contribution is -2.26. The zero-order chi connectivity index (χ0) is 29.1. The van der Waals surface area contributed by atoms with E-state index in [1.807, 2.05) is 25.1 Å². The maximum absolute atomic E-state index is 12.6. The molecule has 0 aromatic heterocycles. The smallest absolute Gasteiger partial charge is 0.308 e. The molecule has 0 saturated heterocycles. The van der Waals surface area contributed by atoms with E-state index in [-0.39, 0.29) is 47.5 Å². The highest BCUT2D eigenvalue weighted by atomic mass is 16.5. The molecule has 0 saturated carbocycles. The van der Waals surface area contributed by atoms with Crippen LogP contribution < -0.4 is 14.2 Å². The van der Waals surface area contributed by atoms with Crippen LogP contribution in [0.5, 0.6) is 28.7 Å². The lowest BCUT2D eigenvalue weighted by molar-refractivity contribution is -0.131. The predicted octanol–water partition coefficient (Wildman–Crippen LogP) is 5.74. The molecule has 0 spiro atoms. The molecule has 0 amide bonds. The largest absolute Gasteiger partial charge is 0.508 e. The van der Waals surface area contributed by atoms with Crippen LogP contribution in [0.2, 0.25) is 0 Å². The van der Waals surface area contributed by atoms with Crippen LogP contribution in [0, 0.1) is 6.92 Å². The fourth-order valence-electron chi connectivity index (χ4n) is 4.80. The van der Waals surface area contributed by atoms with E-state index in [4.69, 9.17) is 14.2 Å². The third-order valence-corrected chi connectivity index (χ3v) is 6.92. The van der Waals surface area contributed by atoms with Gasteiger partial charge in [-0.15, -0.1) is 0 Å². The van der Waals surface area contributed by atoms with E-state index in [0.29, 0.717) is 35.0 Å². The van der Waals surface area contributed by atoms with Crippen molar-refractivity contribution in [3.63, 3.8) is 0 Å². The van der Waals surface area contributed by atoms with Crippen LogP contribution in [0.25, 0.3) is 0 Å². The molecule has 2 atom stereocenters. The zero-order valence-electron chi connectivity index (χ0n) is 22.5. The summed E-state index contributed by atoms with van der Waals surface area (Å²) < 4.78 is 16.3. The lowest BCUT2D eigenvalue weighted by Gasteiger charge is -2.24. The van der Waals surface area contributed by atoms with Crippen molar-refractivity contribution in [3.8, 4) is 28.7 Å². The van der Waals surface area contributed by atoms with E-state index in [2.05, 4.69) is 0 Å². The number of benzene rings is 4. The molecule has 8 nitrogen and oxygen atoms in total. The normalized spacial score (nSPS) is 17.1. The number of hydrogen-bond acceptors (Lipinski definition) is 8. The minimum absolute atomic E-state index is 0.0352. The van der Waals surface area contributed by atoms with Crippen molar-refractivity contribution in [1.29, 1.82) is 0 Å². The number of hydrogen-bond donors (Lipinski definition) is 2. The zero-order valence-corrected chi connectivity index (χ0v) is 22.5. The van der Waals surface area contributed by atoms with Crippen molar-refractivity contribution in [1.82, 2.24) is 0 Å². The van der Waals surface area contributed by atoms with Crippen LogP contribution in [0.3, 0.4) is 0 Å². The van der Waals surface area contributed by atoms with Gasteiger partial charge in [0.15, 0.2) is 11.6 Å². The van der Waals surface area contributed by atoms with E-state index in [0.717, 1.165) is 16.7 Å². The highest BCUT2D eigenvalue weighted by Gasteiger charge is 2.31. The molecule has 8 heteroatoms. The third kappa shape index (κ3) is 6.06. The first-order valence-corrected chi connectivity index (χ1v) is 13.0. The Bertz CT molecular complexity index is 1610. The lowest BCUT2D eigenvalue weighted by atomic mass is 9.88. The number of carbonyl (C=O) groups is 3. The van der Waals surface area contributed by atoms with Crippen LogP contribution in [0.15, 0.2) is 84.9 Å². The van der Waals surface area contributed by atoms with Gasteiger partial charge in [-0.1, -0.05) is 30.3 Å². The summed E-state index contributed by atoms with van der Waals surface area (Å²) in [7, 11) is 0. The number of aryl methyl sites for hydroxylation is 1. The first-order valence-electron chi connectivity index (χ1n) is 13.0. The summed E-state index contributed by atoms with van der Waals surface area (Å²) in [5.41, 5.74) is 3.82. The highest BCUT2D eigenvalue weighted by Crippen LogP contribution is 2.35. The second kappa shape index (κ2) is 11.6. The predicted molar refractivity (Wildman–Crippen MR) is 150 cm³/mol. The van der Waals surface area contributed by atoms with Gasteiger partial charge >= 0.3 is 5.97 Å². The first kappa shape index (κ1) is 27.5. The fraction of sp³-hybridized carbons (Fsp3) is 0.182. The number of phenols is 2. The van der Waals surface area contributed by atoms with Gasteiger partial charge in [0.25, 0.3) is 0 Å². The number of ketones is 2. The van der Waals surface area contributed by atoms with Crippen LogP contribution in [-0.4, -0.2) is 41.0 Å². The molecule has 41 heavy (non-hydrogen) atoms. The molecule has 0 aliphatic carbocycles. The van der Waals surface area contributed by atoms with Gasteiger partial charge < -0.3 is 24.4 Å². The number of rotatable bonds is 3. The van der Waals surface area contributed by atoms with Crippen molar-refractivity contribution >= 4 is 17.5 Å². The van der Waals surface area contributed by atoms with Crippen molar-refractivity contribution < 1.29 is 38.8 Å². The molecule has 2 aliphatic heterocycles. The second-order valence-electron chi connectivity index (χ2n) is 9.89. The van der Waals surface area contributed by atoms with Crippen LogP contribution in [0.4, 0.5) is 0 Å². The number of phenolic OH excluding ortho intramolecular Hbond substituents is 2. The van der Waals surface area contributed by atoms with Crippen molar-refractivity contribution in [2.24, 2.45) is 0 Å². The Morgan fingerprint density at radius 3 is 1.76 bits per heavy atom. The highest BCUT2D eigenvalue weighted by molar-refractivity contribution is 6.05. The molecule has 2 aliphatic rings. The van der Waals surface area contributed by atoms with Crippen molar-refractivity contribution in [2.75, 3.05) is 13.2 Å². The molecule has 4 aromatic rings. The SMILES string of the molecule is CC(=O)Oc1ccc(C2COc3cc(C)ccc3C2=O)cc1.O=C1c2ccc(O)cc2OCC1c1ccc(O)cc1. The number of fused-ring (bicyclic) bond motifs is 2. The topological polar surface area (TPSA) is 119 Å². The number of aromatic hydroxyl groups is 2. The Hall–Kier alpha value is -5.11. The van der Waals surface area contributed by atoms with Gasteiger partial charge in [0.05, 0.1) is 23.0 Å². The van der Waals surface area contributed by atoms with Gasteiger partial charge in [0, 0.05) is 13.0 Å². The monoisotopic (exact) mass is 552 g/mol. The Balaban J connectivity index is 0.000000166. The van der Waals surface area contributed by atoms with E-state index >= 15 is 0 Å². The van der Waals surface area contributed by atoms with Gasteiger partial charge in [0.1, 0.15) is 42.0 Å². The standard InChI is InChI=1S/C18H16O4.C15H12O4/c1-11-3-8-15-17(9-11)21-10-16(18(15)20)13-4-6-14(7-5-13)22-12(2)19;16-10-3-1-9(2-4-10)13-8-19-14-7-11(17)5-6-12(14)15(13)18/h3-9,16H,10H2,1-2H3;1-7,13,16-17H,8H2. The molecule has 2 unspecified atom stereocenters. The summed E-state index contributed by atoms with van der Waals surface area (Å²) in [6.45, 7) is 3.88. The summed E-state index contributed by atoms with van der Waals surface area (Å²) >= 11 is 0. The van der Waals surface area contributed by atoms with E-state index in [9.17, 15) is 24.6 Å². The maximum Gasteiger partial charge on any atom is 0.308 e. The molecule has 0 bridgehead atoms. The Kier molecular flexibility index (Phi) is 7.74. The Morgan fingerprint density at radius 2 is 1.20 bits per heavy atom. The van der Waals surface area contributed by atoms with Gasteiger partial charge in [-0.25, -0.2) is 0 Å². The van der Waals surface area contributed by atoms with Gasteiger partial charge in [-0.3, -0.25) is 14.4 Å². The molecule has 0 radical (unpaired) electrons. The van der Waals surface area contributed by atoms with Crippen LogP contribution in [0.1, 0.15) is 56.2 Å². The van der Waals surface area contributed by atoms with Crippen LogP contribution in [-0.2, 0) is 4.79 Å². The van der Waals surface area contributed by atoms with E-state index in [1.54, 1.807) is 54.6 Å². The molecular weight excluding hydrogens is 524 g/mol. The molecular formula is C33H28O8. The molecule has 6 rings (SSSR count). The number of esters is 1. The van der Waals surface area contributed by atoms with Gasteiger partial charge in [-0.2, -0.15) is 0 Å². The number of Topliss-reactive ketones (excluding diaryl/α,β-unsaturated/α-hetero) is 2. The molecule has 208 valence electrons. The van der Waals surface area contributed by atoms with Crippen LogP contribution >= 0.6 is 0 Å². The summed E-state index contributed by atoms with van der Waals surface area (Å²) in [6, 6.07) is 23.6. The summed E-state index contributed by atoms with van der Waals surface area (Å²) in [4.78, 5) is 35.9. The number of carbonyl (C=O) groups excluding carboxylic acids is 3. The van der Waals surface area contributed by atoms with E-state index < -0.39 is 0 Å². The minimum atomic E-state index is -0.377. The quantitative estimate of drug-likeness (QED) is 0.244. The van der Waals surface area contributed by atoms with E-state index in [1.165, 1.54) is 19.1 Å².